The summed E-state index contributed by atoms with van der Waals surface area (Å²) < 4.78 is 13.6. The standard InChI is InChI=1S/C28H34N2O2S2/c1-31-22-10-6-20(7-11-22)28-26(25-15-12-23(32-2)18-27(25)33-28)19-29-21-8-13-24(14-9-21)34-30-16-4-3-5-17-30/h6-11,13-15,19,23,26-28H,3-5,12,16-18H2,1-2H3/t23?,26-,27+,28?/m1/s1. The van der Waals surface area contributed by atoms with E-state index in [2.05, 4.69) is 76.9 Å². The van der Waals surface area contributed by atoms with Crippen LogP contribution in [0.1, 0.15) is 42.9 Å². The van der Waals surface area contributed by atoms with E-state index in [1.807, 2.05) is 19.1 Å². The van der Waals surface area contributed by atoms with Gasteiger partial charge in [-0.05, 0) is 79.6 Å². The minimum absolute atomic E-state index is 0.295. The highest BCUT2D eigenvalue weighted by atomic mass is 32.2. The van der Waals surface area contributed by atoms with Crippen LogP contribution in [0.4, 0.5) is 5.69 Å². The average Bonchev–Trinajstić information content (AvgIpc) is 3.26. The highest BCUT2D eigenvalue weighted by molar-refractivity contribution is 8.00. The predicted octanol–water partition coefficient (Wildman–Crippen LogP) is 7.10. The Bertz CT molecular complexity index is 1000. The third-order valence-electron chi connectivity index (χ3n) is 7.04. The van der Waals surface area contributed by atoms with Gasteiger partial charge in [-0.2, -0.15) is 0 Å². The number of fused-ring (bicyclic) bond motifs is 1. The van der Waals surface area contributed by atoms with Gasteiger partial charge in [-0.3, -0.25) is 4.99 Å². The Morgan fingerprint density at radius 3 is 2.47 bits per heavy atom. The van der Waals surface area contributed by atoms with Crippen LogP contribution in [0.5, 0.6) is 5.75 Å². The molecule has 3 aliphatic rings. The second-order valence-corrected chi connectivity index (χ2v) is 11.7. The van der Waals surface area contributed by atoms with E-state index in [0.29, 0.717) is 22.5 Å². The number of thioether (sulfide) groups is 1. The van der Waals surface area contributed by atoms with Gasteiger partial charge in [0, 0.05) is 47.7 Å². The second kappa shape index (κ2) is 11.3. The number of nitrogens with zero attached hydrogens (tertiary/aromatic N) is 2. The van der Waals surface area contributed by atoms with Crippen LogP contribution >= 0.6 is 23.7 Å². The van der Waals surface area contributed by atoms with Gasteiger partial charge in [0.05, 0.1) is 18.9 Å². The average molecular weight is 495 g/mol. The first-order chi connectivity index (χ1) is 16.7. The van der Waals surface area contributed by atoms with Crippen molar-refractivity contribution in [2.75, 3.05) is 27.3 Å². The number of benzene rings is 2. The van der Waals surface area contributed by atoms with Crippen LogP contribution in [0.15, 0.2) is 70.1 Å². The van der Waals surface area contributed by atoms with Crippen molar-refractivity contribution in [2.45, 2.75) is 53.6 Å². The molecule has 2 aromatic rings. The molecule has 4 nitrogen and oxygen atoms in total. The molecule has 4 atom stereocenters. The van der Waals surface area contributed by atoms with Crippen molar-refractivity contribution < 1.29 is 9.47 Å². The zero-order valence-electron chi connectivity index (χ0n) is 20.1. The van der Waals surface area contributed by atoms with Crippen LogP contribution in [-0.4, -0.2) is 49.2 Å². The van der Waals surface area contributed by atoms with Gasteiger partial charge in [-0.25, -0.2) is 4.31 Å². The normalized spacial score (nSPS) is 27.5. The lowest BCUT2D eigenvalue weighted by atomic mass is 9.85. The molecule has 1 aliphatic carbocycles. The Balaban J connectivity index is 1.33. The summed E-state index contributed by atoms with van der Waals surface area (Å²) in [5, 5.41) is 0.848. The number of aliphatic imine (C=N–C) groups is 1. The van der Waals surface area contributed by atoms with Crippen molar-refractivity contribution in [3.63, 3.8) is 0 Å². The molecule has 6 heteroatoms. The molecule has 0 N–H and O–H groups in total. The third-order valence-corrected chi connectivity index (χ3v) is 9.79. The Morgan fingerprint density at radius 2 is 1.76 bits per heavy atom. The molecule has 0 spiro atoms. The van der Waals surface area contributed by atoms with Gasteiger partial charge in [0.2, 0.25) is 0 Å². The number of rotatable bonds is 7. The van der Waals surface area contributed by atoms with E-state index in [-0.39, 0.29) is 0 Å². The van der Waals surface area contributed by atoms with Gasteiger partial charge in [-0.15, -0.1) is 11.8 Å². The van der Waals surface area contributed by atoms with E-state index in [0.717, 1.165) is 24.3 Å². The van der Waals surface area contributed by atoms with Crippen molar-refractivity contribution in [1.29, 1.82) is 0 Å². The zero-order chi connectivity index (χ0) is 23.3. The topological polar surface area (TPSA) is 34.1 Å². The maximum Gasteiger partial charge on any atom is 0.118 e. The maximum atomic E-state index is 5.69. The summed E-state index contributed by atoms with van der Waals surface area (Å²) in [6, 6.07) is 17.3. The van der Waals surface area contributed by atoms with Crippen molar-refractivity contribution in [2.24, 2.45) is 10.9 Å². The van der Waals surface area contributed by atoms with Crippen molar-refractivity contribution >= 4 is 35.6 Å². The van der Waals surface area contributed by atoms with Crippen LogP contribution in [0.2, 0.25) is 0 Å². The smallest absolute Gasteiger partial charge is 0.118 e. The summed E-state index contributed by atoms with van der Waals surface area (Å²) in [4.78, 5) is 6.26. The molecule has 2 aliphatic heterocycles. The summed E-state index contributed by atoms with van der Waals surface area (Å²) in [6.07, 6.45) is 11.0. The van der Waals surface area contributed by atoms with E-state index in [4.69, 9.17) is 14.5 Å². The Kier molecular flexibility index (Phi) is 8.00. The fourth-order valence-electron chi connectivity index (χ4n) is 5.09. The van der Waals surface area contributed by atoms with Gasteiger partial charge in [-0.1, -0.05) is 30.2 Å². The van der Waals surface area contributed by atoms with Gasteiger partial charge in [0.25, 0.3) is 0 Å². The molecule has 0 amide bonds. The summed E-state index contributed by atoms with van der Waals surface area (Å²) in [7, 11) is 3.55. The van der Waals surface area contributed by atoms with Crippen LogP contribution in [0, 0.1) is 5.92 Å². The summed E-state index contributed by atoms with van der Waals surface area (Å²) in [5.41, 5.74) is 3.87. The van der Waals surface area contributed by atoms with Gasteiger partial charge < -0.3 is 9.47 Å². The molecule has 0 radical (unpaired) electrons. The minimum atomic E-state index is 0.295. The molecule has 0 aromatic heterocycles. The first-order valence-electron chi connectivity index (χ1n) is 12.3. The van der Waals surface area contributed by atoms with Crippen molar-refractivity contribution in [1.82, 2.24) is 4.31 Å². The molecule has 2 heterocycles. The van der Waals surface area contributed by atoms with Gasteiger partial charge in [0.15, 0.2) is 0 Å². The van der Waals surface area contributed by atoms with E-state index in [1.165, 1.54) is 48.4 Å². The van der Waals surface area contributed by atoms with Crippen LogP contribution in [0.3, 0.4) is 0 Å². The monoisotopic (exact) mass is 494 g/mol. The Labute approximate surface area is 212 Å². The zero-order valence-corrected chi connectivity index (χ0v) is 21.7. The predicted molar refractivity (Wildman–Crippen MR) is 145 cm³/mol. The number of methoxy groups -OCH3 is 2. The molecule has 34 heavy (non-hydrogen) atoms. The Hall–Kier alpha value is -1.73. The van der Waals surface area contributed by atoms with Crippen molar-refractivity contribution in [3.8, 4) is 5.75 Å². The number of piperidine rings is 1. The number of ether oxygens (including phenoxy) is 2. The van der Waals surface area contributed by atoms with Gasteiger partial charge >= 0.3 is 0 Å². The van der Waals surface area contributed by atoms with Gasteiger partial charge in [0.1, 0.15) is 5.75 Å². The van der Waals surface area contributed by atoms with E-state index >= 15 is 0 Å². The molecule has 5 rings (SSSR count). The molecule has 2 unspecified atom stereocenters. The lowest BCUT2D eigenvalue weighted by Crippen LogP contribution is -2.23. The first kappa shape index (κ1) is 24.0. The molecule has 2 aromatic carbocycles. The lowest BCUT2D eigenvalue weighted by molar-refractivity contribution is 0.0952. The molecular formula is C28H34N2O2S2. The SMILES string of the molecule is COc1ccc(C2S[C@H]3CC(OC)CC=C3[C@H]2C=Nc2ccc(SN3CCCCC3)cc2)cc1. The second-order valence-electron chi connectivity index (χ2n) is 9.23. The van der Waals surface area contributed by atoms with E-state index in [1.54, 1.807) is 7.11 Å². The summed E-state index contributed by atoms with van der Waals surface area (Å²) in [6.45, 7) is 2.38. The molecule has 0 bridgehead atoms. The number of hydrogen-bond donors (Lipinski definition) is 0. The lowest BCUT2D eigenvalue weighted by Gasteiger charge is -2.25. The largest absolute Gasteiger partial charge is 0.497 e. The third kappa shape index (κ3) is 5.56. The molecule has 180 valence electrons. The fourth-order valence-corrected chi connectivity index (χ4v) is 7.89. The van der Waals surface area contributed by atoms with Crippen molar-refractivity contribution in [3.05, 3.63) is 65.7 Å². The van der Waals surface area contributed by atoms with Crippen LogP contribution in [0.25, 0.3) is 0 Å². The highest BCUT2D eigenvalue weighted by Gasteiger charge is 2.41. The summed E-state index contributed by atoms with van der Waals surface area (Å²) >= 11 is 3.94. The summed E-state index contributed by atoms with van der Waals surface area (Å²) in [5.74, 6) is 1.19. The Morgan fingerprint density at radius 1 is 1.00 bits per heavy atom. The van der Waals surface area contributed by atoms with E-state index in [9.17, 15) is 0 Å². The van der Waals surface area contributed by atoms with Crippen LogP contribution < -0.4 is 4.74 Å². The first-order valence-corrected chi connectivity index (χ1v) is 14.0. The molecule has 2 fully saturated rings. The highest BCUT2D eigenvalue weighted by Crippen LogP contribution is 2.54. The molecular weight excluding hydrogens is 460 g/mol. The van der Waals surface area contributed by atoms with E-state index < -0.39 is 0 Å². The van der Waals surface area contributed by atoms with Crippen LogP contribution in [-0.2, 0) is 4.74 Å². The fraction of sp³-hybridized carbons (Fsp3) is 0.464. The number of hydrogen-bond acceptors (Lipinski definition) is 6. The maximum absolute atomic E-state index is 5.69. The molecule has 2 saturated heterocycles. The quantitative estimate of drug-likeness (QED) is 0.233. The minimum Gasteiger partial charge on any atom is -0.497 e. The molecule has 0 saturated carbocycles.